The Bertz CT molecular complexity index is 397. The molecule has 0 spiro atoms. The van der Waals surface area contributed by atoms with Gasteiger partial charge in [-0.05, 0) is 50.8 Å². The summed E-state index contributed by atoms with van der Waals surface area (Å²) < 4.78 is 0. The highest BCUT2D eigenvalue weighted by Gasteiger charge is 2.33. The second-order valence-electron chi connectivity index (χ2n) is 6.30. The van der Waals surface area contributed by atoms with Gasteiger partial charge in [-0.25, -0.2) is 0 Å². The van der Waals surface area contributed by atoms with E-state index in [1.807, 2.05) is 11.3 Å². The molecule has 0 aromatic carbocycles. The first kappa shape index (κ1) is 16.0. The van der Waals surface area contributed by atoms with Gasteiger partial charge in [0.15, 0.2) is 0 Å². The normalized spacial score (nSPS) is 24.1. The van der Waals surface area contributed by atoms with Gasteiger partial charge in [-0.1, -0.05) is 20.3 Å². The summed E-state index contributed by atoms with van der Waals surface area (Å²) in [5, 5.41) is 9.70. The maximum Gasteiger partial charge on any atom is 0.0499 e. The topological polar surface area (TPSA) is 23.5 Å². The summed E-state index contributed by atoms with van der Waals surface area (Å²) in [5.41, 5.74) is 0.153. The third-order valence-corrected chi connectivity index (χ3v) is 5.83. The number of aryl methyl sites for hydroxylation is 1. The Morgan fingerprint density at radius 1 is 1.30 bits per heavy atom. The molecule has 20 heavy (non-hydrogen) atoms. The molecular formula is C17H29NOS. The molecule has 3 heteroatoms. The molecule has 0 amide bonds. The van der Waals surface area contributed by atoms with Crippen LogP contribution in [0.15, 0.2) is 12.1 Å². The SMILES string of the molecule is CCCCc1ccc(CN2CCC[C@@](CC)(CO)C2)s1. The number of aliphatic hydroxyl groups is 1. The fraction of sp³-hybridized carbons (Fsp3) is 0.765. The molecular weight excluding hydrogens is 266 g/mol. The van der Waals surface area contributed by atoms with E-state index in [2.05, 4.69) is 30.9 Å². The van der Waals surface area contributed by atoms with Crippen LogP contribution in [-0.2, 0) is 13.0 Å². The largest absolute Gasteiger partial charge is 0.396 e. The van der Waals surface area contributed by atoms with Crippen LogP contribution in [0, 0.1) is 5.41 Å². The summed E-state index contributed by atoms with van der Waals surface area (Å²) in [6.45, 7) is 8.12. The van der Waals surface area contributed by atoms with Gasteiger partial charge >= 0.3 is 0 Å². The number of unbranched alkanes of at least 4 members (excludes halogenated alkanes) is 1. The molecule has 1 aromatic heterocycles. The van der Waals surface area contributed by atoms with E-state index < -0.39 is 0 Å². The maximum atomic E-state index is 9.70. The van der Waals surface area contributed by atoms with Gasteiger partial charge in [0.1, 0.15) is 0 Å². The standard InChI is InChI=1S/C17H29NOS/c1-3-5-7-15-8-9-16(20-15)12-18-11-6-10-17(4-2,13-18)14-19/h8-9,19H,3-7,10-14H2,1-2H3/t17-/m1/s1. The minimum absolute atomic E-state index is 0.153. The van der Waals surface area contributed by atoms with Gasteiger partial charge in [0.05, 0.1) is 0 Å². The number of piperidine rings is 1. The minimum atomic E-state index is 0.153. The monoisotopic (exact) mass is 295 g/mol. The van der Waals surface area contributed by atoms with Crippen molar-refractivity contribution < 1.29 is 5.11 Å². The summed E-state index contributed by atoms with van der Waals surface area (Å²) in [5.74, 6) is 0. The van der Waals surface area contributed by atoms with Gasteiger partial charge in [-0.15, -0.1) is 11.3 Å². The first-order valence-electron chi connectivity index (χ1n) is 8.12. The summed E-state index contributed by atoms with van der Waals surface area (Å²) in [4.78, 5) is 5.56. The molecule has 0 saturated carbocycles. The average Bonchev–Trinajstić information content (AvgIpc) is 2.92. The van der Waals surface area contributed by atoms with Gasteiger partial charge in [0, 0.05) is 34.9 Å². The number of hydrogen-bond donors (Lipinski definition) is 1. The van der Waals surface area contributed by atoms with Gasteiger partial charge in [-0.2, -0.15) is 0 Å². The molecule has 0 unspecified atom stereocenters. The lowest BCUT2D eigenvalue weighted by molar-refractivity contribution is 0.0262. The second-order valence-corrected chi connectivity index (χ2v) is 7.55. The quantitative estimate of drug-likeness (QED) is 0.819. The Balaban J connectivity index is 1.90. The molecule has 1 aliphatic heterocycles. The average molecular weight is 295 g/mol. The zero-order valence-corrected chi connectivity index (χ0v) is 13.8. The molecule has 1 fully saturated rings. The van der Waals surface area contributed by atoms with Crippen LogP contribution in [0.2, 0.25) is 0 Å². The molecule has 1 N–H and O–H groups in total. The van der Waals surface area contributed by atoms with Crippen LogP contribution in [0.3, 0.4) is 0 Å². The minimum Gasteiger partial charge on any atom is -0.396 e. The fourth-order valence-corrected chi connectivity index (χ4v) is 4.29. The summed E-state index contributed by atoms with van der Waals surface area (Å²) in [6, 6.07) is 4.61. The first-order valence-corrected chi connectivity index (χ1v) is 8.94. The highest BCUT2D eigenvalue weighted by molar-refractivity contribution is 7.11. The Morgan fingerprint density at radius 2 is 2.10 bits per heavy atom. The van der Waals surface area contributed by atoms with E-state index in [0.29, 0.717) is 6.61 Å². The van der Waals surface area contributed by atoms with Crippen molar-refractivity contribution in [2.24, 2.45) is 5.41 Å². The number of rotatable bonds is 7. The van der Waals surface area contributed by atoms with Crippen molar-refractivity contribution in [3.63, 3.8) is 0 Å². The van der Waals surface area contributed by atoms with Crippen molar-refractivity contribution in [3.05, 3.63) is 21.9 Å². The zero-order valence-electron chi connectivity index (χ0n) is 13.0. The smallest absolute Gasteiger partial charge is 0.0499 e. The summed E-state index contributed by atoms with van der Waals surface area (Å²) >= 11 is 1.98. The highest BCUT2D eigenvalue weighted by atomic mass is 32.1. The Kier molecular flexibility index (Phi) is 6.06. The van der Waals surface area contributed by atoms with Crippen LogP contribution in [0.4, 0.5) is 0 Å². The van der Waals surface area contributed by atoms with Crippen LogP contribution < -0.4 is 0 Å². The van der Waals surface area contributed by atoms with Crippen LogP contribution in [0.5, 0.6) is 0 Å². The van der Waals surface area contributed by atoms with E-state index in [0.717, 1.165) is 19.5 Å². The third kappa shape index (κ3) is 4.06. The van der Waals surface area contributed by atoms with Gasteiger partial charge in [0.25, 0.3) is 0 Å². The van der Waals surface area contributed by atoms with E-state index in [1.54, 1.807) is 0 Å². The molecule has 1 aliphatic rings. The van der Waals surface area contributed by atoms with Gasteiger partial charge < -0.3 is 5.11 Å². The molecule has 2 nitrogen and oxygen atoms in total. The molecule has 0 bridgehead atoms. The molecule has 2 heterocycles. The van der Waals surface area contributed by atoms with E-state index in [9.17, 15) is 5.11 Å². The van der Waals surface area contributed by atoms with E-state index in [-0.39, 0.29) is 5.41 Å². The Morgan fingerprint density at radius 3 is 2.80 bits per heavy atom. The second kappa shape index (κ2) is 7.58. The lowest BCUT2D eigenvalue weighted by Crippen LogP contribution is -2.44. The zero-order chi connectivity index (χ0) is 14.4. The number of aliphatic hydroxyl groups excluding tert-OH is 1. The lowest BCUT2D eigenvalue weighted by atomic mass is 9.78. The van der Waals surface area contributed by atoms with Crippen molar-refractivity contribution >= 4 is 11.3 Å². The number of hydrogen-bond acceptors (Lipinski definition) is 3. The van der Waals surface area contributed by atoms with Crippen molar-refractivity contribution in [2.45, 2.75) is 58.9 Å². The predicted octanol–water partition coefficient (Wildman–Crippen LogP) is 4.08. The molecule has 1 saturated heterocycles. The van der Waals surface area contributed by atoms with Crippen molar-refractivity contribution in [1.29, 1.82) is 0 Å². The van der Waals surface area contributed by atoms with E-state index in [1.165, 1.54) is 48.4 Å². The number of thiophene rings is 1. The van der Waals surface area contributed by atoms with Crippen LogP contribution in [0.25, 0.3) is 0 Å². The van der Waals surface area contributed by atoms with Crippen LogP contribution in [-0.4, -0.2) is 29.7 Å². The summed E-state index contributed by atoms with van der Waals surface area (Å²) in [7, 11) is 0. The van der Waals surface area contributed by atoms with Crippen molar-refractivity contribution in [1.82, 2.24) is 4.90 Å². The molecule has 114 valence electrons. The molecule has 0 aliphatic carbocycles. The van der Waals surface area contributed by atoms with Crippen LogP contribution in [0.1, 0.15) is 55.7 Å². The molecule has 2 rings (SSSR count). The lowest BCUT2D eigenvalue weighted by Gasteiger charge is -2.41. The van der Waals surface area contributed by atoms with Gasteiger partial charge in [-0.3, -0.25) is 4.90 Å². The van der Waals surface area contributed by atoms with Crippen LogP contribution >= 0.6 is 11.3 Å². The highest BCUT2D eigenvalue weighted by Crippen LogP contribution is 2.34. The van der Waals surface area contributed by atoms with Crippen molar-refractivity contribution in [2.75, 3.05) is 19.7 Å². The number of likely N-dealkylation sites (tertiary alicyclic amines) is 1. The Hall–Kier alpha value is -0.380. The van der Waals surface area contributed by atoms with Gasteiger partial charge in [0.2, 0.25) is 0 Å². The molecule has 1 aromatic rings. The predicted molar refractivity (Wildman–Crippen MR) is 87.3 cm³/mol. The van der Waals surface area contributed by atoms with E-state index in [4.69, 9.17) is 0 Å². The number of nitrogens with zero attached hydrogens (tertiary/aromatic N) is 1. The third-order valence-electron chi connectivity index (χ3n) is 4.70. The Labute approximate surface area is 127 Å². The van der Waals surface area contributed by atoms with Crippen molar-refractivity contribution in [3.8, 4) is 0 Å². The molecule has 0 radical (unpaired) electrons. The van der Waals surface area contributed by atoms with E-state index >= 15 is 0 Å². The molecule has 1 atom stereocenters. The summed E-state index contributed by atoms with van der Waals surface area (Å²) in [6.07, 6.45) is 7.30. The fourth-order valence-electron chi connectivity index (χ4n) is 3.19. The maximum absolute atomic E-state index is 9.70. The first-order chi connectivity index (χ1) is 9.71.